The summed E-state index contributed by atoms with van der Waals surface area (Å²) in [6.07, 6.45) is 1.65. The molecule has 0 rings (SSSR count). The average Bonchev–Trinajstić information content (AvgIpc) is 1.63. The van der Waals surface area contributed by atoms with E-state index in [2.05, 4.69) is 4.84 Å². The first kappa shape index (κ1) is 8.84. The van der Waals surface area contributed by atoms with E-state index < -0.39 is 0 Å². The Hall–Kier alpha value is -0.160. The molecule has 4 heteroatoms. The van der Waals surface area contributed by atoms with Crippen molar-refractivity contribution in [3.63, 3.8) is 0 Å². The predicted octanol–water partition coefficient (Wildman–Crippen LogP) is 1.19. The van der Waals surface area contributed by atoms with Gasteiger partial charge in [0, 0.05) is 0 Å². The third kappa shape index (κ3) is 5.72. The molecule has 0 saturated carbocycles. The molecule has 0 spiro atoms. The molecule has 4 nitrogen and oxygen atoms in total. The fraction of sp³-hybridized carbons (Fsp3) is 1.00. The van der Waals surface area contributed by atoms with Crippen molar-refractivity contribution >= 4 is 0 Å². The normalized spacial score (nSPS) is 14.3. The maximum Gasteiger partial charge on any atom is 0.0816 e. The van der Waals surface area contributed by atoms with Crippen molar-refractivity contribution in [2.24, 2.45) is 0 Å². The minimum Gasteiger partial charge on any atom is -0.266 e. The maximum atomic E-state index is 8.12. The fourth-order valence-electron chi connectivity index (χ4n) is 0.620. The lowest BCUT2D eigenvalue weighted by molar-refractivity contribution is -0.503. The third-order valence-corrected chi connectivity index (χ3v) is 0.969. The van der Waals surface area contributed by atoms with Crippen molar-refractivity contribution in [3.05, 3.63) is 0 Å². The largest absolute Gasteiger partial charge is 0.266 e. The minimum atomic E-state index is -0.250. The summed E-state index contributed by atoms with van der Waals surface area (Å²) in [5.41, 5.74) is 0. The molecule has 0 aromatic heterocycles. The van der Waals surface area contributed by atoms with E-state index in [4.69, 9.17) is 10.4 Å². The van der Waals surface area contributed by atoms with Gasteiger partial charge in [0.2, 0.25) is 0 Å². The van der Waals surface area contributed by atoms with Gasteiger partial charge in [-0.25, -0.2) is 4.84 Å². The van der Waals surface area contributed by atoms with Gasteiger partial charge in [-0.1, -0.05) is 13.3 Å². The molecule has 0 heterocycles. The smallest absolute Gasteiger partial charge is 0.0816 e. The van der Waals surface area contributed by atoms with Gasteiger partial charge < -0.3 is 0 Å². The molecule has 0 aliphatic heterocycles. The Kier molecular flexibility index (Phi) is 4.61. The SMILES string of the molecule is CCCC(C)ON(O)O. The van der Waals surface area contributed by atoms with E-state index >= 15 is 0 Å². The average molecular weight is 135 g/mol. The van der Waals surface area contributed by atoms with Crippen LogP contribution in [0.25, 0.3) is 0 Å². The van der Waals surface area contributed by atoms with Crippen LogP contribution in [-0.2, 0) is 4.84 Å². The molecule has 0 saturated heterocycles. The summed E-state index contributed by atoms with van der Waals surface area (Å²) in [5, 5.41) is 16.0. The second kappa shape index (κ2) is 4.69. The molecule has 0 bridgehead atoms. The van der Waals surface area contributed by atoms with Gasteiger partial charge in [0.1, 0.15) is 0 Å². The molecular weight excluding hydrogens is 122 g/mol. The highest BCUT2D eigenvalue weighted by molar-refractivity contribution is 4.43. The van der Waals surface area contributed by atoms with Crippen molar-refractivity contribution < 1.29 is 15.3 Å². The van der Waals surface area contributed by atoms with Crippen molar-refractivity contribution in [2.75, 3.05) is 0 Å². The van der Waals surface area contributed by atoms with Crippen LogP contribution in [0, 0.1) is 0 Å². The Morgan fingerprint density at radius 1 is 1.56 bits per heavy atom. The van der Waals surface area contributed by atoms with Crippen LogP contribution in [0.15, 0.2) is 0 Å². The Bertz CT molecular complexity index is 67.2. The molecule has 2 N–H and O–H groups in total. The summed E-state index contributed by atoms with van der Waals surface area (Å²) >= 11 is 0. The highest BCUT2D eigenvalue weighted by Crippen LogP contribution is 2.00. The third-order valence-electron chi connectivity index (χ3n) is 0.969. The summed E-state index contributed by atoms with van der Waals surface area (Å²) in [6, 6.07) is 0. The molecule has 9 heavy (non-hydrogen) atoms. The van der Waals surface area contributed by atoms with Gasteiger partial charge in [0.25, 0.3) is 0 Å². The van der Waals surface area contributed by atoms with E-state index in [9.17, 15) is 0 Å². The van der Waals surface area contributed by atoms with Crippen LogP contribution < -0.4 is 0 Å². The number of nitrogens with zero attached hydrogens (tertiary/aromatic N) is 1. The van der Waals surface area contributed by atoms with Crippen LogP contribution in [0.4, 0.5) is 0 Å². The number of hydrogen-bond acceptors (Lipinski definition) is 4. The van der Waals surface area contributed by atoms with Crippen molar-refractivity contribution in [1.29, 1.82) is 0 Å². The van der Waals surface area contributed by atoms with Crippen molar-refractivity contribution in [3.8, 4) is 0 Å². The predicted molar refractivity (Wildman–Crippen MR) is 30.9 cm³/mol. The van der Waals surface area contributed by atoms with Crippen LogP contribution in [0.5, 0.6) is 0 Å². The van der Waals surface area contributed by atoms with Gasteiger partial charge in [0.05, 0.1) is 11.5 Å². The number of hydrogen-bond donors (Lipinski definition) is 2. The molecule has 1 atom stereocenters. The molecule has 1 unspecified atom stereocenters. The molecule has 0 aromatic rings. The lowest BCUT2D eigenvalue weighted by Gasteiger charge is -2.12. The molecular formula is C5H13NO3. The van der Waals surface area contributed by atoms with E-state index in [0.29, 0.717) is 0 Å². The summed E-state index contributed by atoms with van der Waals surface area (Å²) in [6.45, 7) is 3.77. The lowest BCUT2D eigenvalue weighted by atomic mass is 10.2. The molecule has 0 aliphatic carbocycles. The zero-order valence-electron chi connectivity index (χ0n) is 5.74. The monoisotopic (exact) mass is 135 g/mol. The first-order chi connectivity index (χ1) is 4.16. The van der Waals surface area contributed by atoms with E-state index in [0.717, 1.165) is 12.8 Å². The Morgan fingerprint density at radius 2 is 2.11 bits per heavy atom. The zero-order valence-corrected chi connectivity index (χ0v) is 5.74. The first-order valence-electron chi connectivity index (χ1n) is 3.01. The minimum absolute atomic E-state index is 0.134. The van der Waals surface area contributed by atoms with E-state index in [1.54, 1.807) is 6.92 Å². The van der Waals surface area contributed by atoms with Gasteiger partial charge in [-0.05, 0) is 13.3 Å². The van der Waals surface area contributed by atoms with Crippen LogP contribution in [0.3, 0.4) is 0 Å². The summed E-state index contributed by atoms with van der Waals surface area (Å²) in [7, 11) is 0. The molecule has 0 amide bonds. The Morgan fingerprint density at radius 3 is 2.44 bits per heavy atom. The van der Waals surface area contributed by atoms with Crippen LogP contribution >= 0.6 is 0 Å². The second-order valence-corrected chi connectivity index (χ2v) is 1.96. The van der Waals surface area contributed by atoms with E-state index in [-0.39, 0.29) is 11.5 Å². The number of rotatable bonds is 4. The van der Waals surface area contributed by atoms with Gasteiger partial charge in [-0.15, -0.1) is 0 Å². The standard InChI is InChI=1S/C5H13NO3/c1-3-4-5(2)9-6(7)8/h5,7-8H,3-4H2,1-2H3. The zero-order chi connectivity index (χ0) is 7.28. The lowest BCUT2D eigenvalue weighted by Crippen LogP contribution is -2.21. The summed E-state index contributed by atoms with van der Waals surface area (Å²) in [4.78, 5) is 4.43. The first-order valence-corrected chi connectivity index (χ1v) is 3.01. The van der Waals surface area contributed by atoms with E-state index in [1.807, 2.05) is 6.92 Å². The van der Waals surface area contributed by atoms with Gasteiger partial charge >= 0.3 is 0 Å². The molecule has 0 aromatic carbocycles. The fourth-order valence-corrected chi connectivity index (χ4v) is 0.620. The van der Waals surface area contributed by atoms with Gasteiger partial charge in [0.15, 0.2) is 0 Å². The molecule has 0 aliphatic rings. The van der Waals surface area contributed by atoms with Crippen LogP contribution in [-0.4, -0.2) is 21.9 Å². The molecule has 56 valence electrons. The van der Waals surface area contributed by atoms with Gasteiger partial charge in [-0.3, -0.25) is 10.4 Å². The van der Waals surface area contributed by atoms with Crippen LogP contribution in [0.1, 0.15) is 26.7 Å². The van der Waals surface area contributed by atoms with Crippen molar-refractivity contribution in [2.45, 2.75) is 32.8 Å². The quantitative estimate of drug-likeness (QED) is 0.568. The molecule has 0 fully saturated rings. The second-order valence-electron chi connectivity index (χ2n) is 1.96. The summed E-state index contributed by atoms with van der Waals surface area (Å²) < 4.78 is 0. The Balaban J connectivity index is 3.15. The van der Waals surface area contributed by atoms with Crippen molar-refractivity contribution in [1.82, 2.24) is 5.39 Å². The highest BCUT2D eigenvalue weighted by Gasteiger charge is 2.02. The topological polar surface area (TPSA) is 52.9 Å². The van der Waals surface area contributed by atoms with Gasteiger partial charge in [-0.2, -0.15) is 0 Å². The highest BCUT2D eigenvalue weighted by atomic mass is 17.1. The maximum absolute atomic E-state index is 8.12. The summed E-state index contributed by atoms with van der Waals surface area (Å²) in [5.74, 6) is 0. The Labute approximate surface area is 54.5 Å². The molecule has 0 radical (unpaired) electrons. The van der Waals surface area contributed by atoms with Crippen LogP contribution in [0.2, 0.25) is 0 Å². The van der Waals surface area contributed by atoms with E-state index in [1.165, 1.54) is 0 Å².